The van der Waals surface area contributed by atoms with E-state index in [1.807, 2.05) is 0 Å². The number of carbonyl (C=O) groups is 3. The predicted molar refractivity (Wildman–Crippen MR) is 202 cm³/mol. The summed E-state index contributed by atoms with van der Waals surface area (Å²) in [5.74, 6) is -1.83. The van der Waals surface area contributed by atoms with E-state index in [0.29, 0.717) is 5.56 Å². The van der Waals surface area contributed by atoms with Crippen molar-refractivity contribution in [3.63, 3.8) is 0 Å². The van der Waals surface area contributed by atoms with Gasteiger partial charge in [0.25, 0.3) is 5.69 Å². The molecule has 0 radical (unpaired) electrons. The smallest absolute Gasteiger partial charge is 0.465 e. The summed E-state index contributed by atoms with van der Waals surface area (Å²) in [6, 6.07) is 28.3. The van der Waals surface area contributed by atoms with E-state index in [1.165, 1.54) is 54.7 Å². The third-order valence-electron chi connectivity index (χ3n) is 8.90. The van der Waals surface area contributed by atoms with Crippen LogP contribution in [0.3, 0.4) is 0 Å². The molecule has 19 nitrogen and oxygen atoms in total. The third-order valence-corrected chi connectivity index (χ3v) is 11.5. The van der Waals surface area contributed by atoms with Gasteiger partial charge in [-0.1, -0.05) is 78.9 Å². The fourth-order valence-electron chi connectivity index (χ4n) is 6.19. The molecule has 4 aromatic carbocycles. The number of nitrogens with one attached hydrogen (secondary N) is 1. The summed E-state index contributed by atoms with van der Waals surface area (Å²) < 4.78 is 63.9. The van der Waals surface area contributed by atoms with E-state index in [0.717, 1.165) is 4.90 Å². The SMILES string of the molecule is O=C(OC1[C@@H](COP(=O)(O)OP(=O)(O)OCc2ccccc2)O[C@@H](N2C=C3C=C(c4ccccc4[N+](=O)[O-])OC3NC2=O)[C@H]1OC(=O)c1ccccc1)c1ccccc1. The molecule has 306 valence electrons. The lowest BCUT2D eigenvalue weighted by Crippen LogP contribution is -2.55. The molecule has 59 heavy (non-hydrogen) atoms. The molecule has 7 rings (SSSR count). The molecule has 0 aromatic heterocycles. The van der Waals surface area contributed by atoms with Crippen molar-refractivity contribution in [2.75, 3.05) is 6.61 Å². The van der Waals surface area contributed by atoms with Gasteiger partial charge in [-0.15, -0.1) is 0 Å². The number of benzene rings is 4. The summed E-state index contributed by atoms with van der Waals surface area (Å²) >= 11 is 0. The molecule has 3 heterocycles. The Kier molecular flexibility index (Phi) is 12.2. The van der Waals surface area contributed by atoms with Gasteiger partial charge in [-0.05, 0) is 42.0 Å². The second-order valence-electron chi connectivity index (χ2n) is 12.9. The Hall–Kier alpha value is -6.01. The monoisotopic (exact) mass is 849 g/mol. The molecule has 4 unspecified atom stereocenters. The third kappa shape index (κ3) is 9.83. The number of amides is 2. The van der Waals surface area contributed by atoms with Crippen LogP contribution in [0.5, 0.6) is 0 Å². The number of para-hydroxylation sites is 1. The van der Waals surface area contributed by atoms with Gasteiger partial charge in [0.2, 0.25) is 6.23 Å². The van der Waals surface area contributed by atoms with E-state index in [-0.39, 0.29) is 33.7 Å². The van der Waals surface area contributed by atoms with Crippen molar-refractivity contribution in [3.05, 3.63) is 165 Å². The van der Waals surface area contributed by atoms with Gasteiger partial charge in [0, 0.05) is 17.8 Å². The van der Waals surface area contributed by atoms with Crippen molar-refractivity contribution in [3.8, 4) is 0 Å². The fourth-order valence-corrected chi connectivity index (χ4v) is 8.26. The number of phosphoric ester groups is 2. The Balaban J connectivity index is 1.20. The maximum absolute atomic E-state index is 13.8. The van der Waals surface area contributed by atoms with E-state index in [4.69, 9.17) is 28.0 Å². The second-order valence-corrected chi connectivity index (χ2v) is 15.9. The first-order valence-electron chi connectivity index (χ1n) is 17.6. The van der Waals surface area contributed by atoms with Crippen LogP contribution in [0.15, 0.2) is 133 Å². The van der Waals surface area contributed by atoms with Crippen LogP contribution >= 0.6 is 15.6 Å². The summed E-state index contributed by atoms with van der Waals surface area (Å²) in [5.41, 5.74) is 0.694. The highest BCUT2D eigenvalue weighted by Gasteiger charge is 2.55. The molecule has 2 amide bonds. The van der Waals surface area contributed by atoms with Crippen molar-refractivity contribution >= 4 is 45.1 Å². The van der Waals surface area contributed by atoms with Crippen molar-refractivity contribution in [1.82, 2.24) is 10.2 Å². The second kappa shape index (κ2) is 17.5. The number of carbonyl (C=O) groups excluding carboxylic acids is 3. The van der Waals surface area contributed by atoms with Crippen LogP contribution in [0, 0.1) is 10.1 Å². The molecule has 3 N–H and O–H groups in total. The Morgan fingerprint density at radius 2 is 1.36 bits per heavy atom. The average Bonchev–Trinajstić information content (AvgIpc) is 3.79. The topological polar surface area (TPSA) is 249 Å². The van der Waals surface area contributed by atoms with E-state index in [1.54, 1.807) is 72.8 Å². The van der Waals surface area contributed by atoms with Crippen LogP contribution in [0.1, 0.15) is 31.8 Å². The van der Waals surface area contributed by atoms with Crippen molar-refractivity contribution < 1.29 is 70.5 Å². The maximum atomic E-state index is 13.8. The van der Waals surface area contributed by atoms with Crippen molar-refractivity contribution in [2.24, 2.45) is 0 Å². The minimum atomic E-state index is -5.47. The Labute approximate surface area is 334 Å². The van der Waals surface area contributed by atoms with Crippen molar-refractivity contribution in [2.45, 2.75) is 37.4 Å². The first kappa shape index (κ1) is 41.2. The van der Waals surface area contributed by atoms with Crippen molar-refractivity contribution in [1.29, 1.82) is 0 Å². The molecular formula is C38H33N3O16P2. The van der Waals surface area contributed by atoms with E-state index in [2.05, 4.69) is 9.63 Å². The zero-order chi connectivity index (χ0) is 41.7. The van der Waals surface area contributed by atoms with Crippen LogP contribution in [0.2, 0.25) is 0 Å². The molecule has 0 bridgehead atoms. The molecule has 4 aromatic rings. The minimum Gasteiger partial charge on any atom is -0.465 e. The maximum Gasteiger partial charge on any atom is 0.481 e. The van der Waals surface area contributed by atoms with Crippen LogP contribution in [-0.2, 0) is 48.0 Å². The lowest BCUT2D eigenvalue weighted by molar-refractivity contribution is -0.385. The molecule has 21 heteroatoms. The first-order valence-corrected chi connectivity index (χ1v) is 20.6. The number of urea groups is 1. The lowest BCUT2D eigenvalue weighted by Gasteiger charge is -2.34. The van der Waals surface area contributed by atoms with Gasteiger partial charge in [-0.25, -0.2) is 23.5 Å². The number of nitrogens with zero attached hydrogens (tertiary/aromatic N) is 2. The first-order chi connectivity index (χ1) is 28.3. The number of hydrogen-bond acceptors (Lipinski definition) is 14. The summed E-state index contributed by atoms with van der Waals surface area (Å²) in [5, 5.41) is 14.3. The normalized spacial score (nSPS) is 23.0. The summed E-state index contributed by atoms with van der Waals surface area (Å²) in [6.45, 7) is -1.47. The summed E-state index contributed by atoms with van der Waals surface area (Å²) in [6.07, 6.45) is -5.04. The number of rotatable bonds is 15. The number of phosphoric acid groups is 2. The van der Waals surface area contributed by atoms with E-state index >= 15 is 0 Å². The average molecular weight is 850 g/mol. The summed E-state index contributed by atoms with van der Waals surface area (Å²) in [7, 11) is -10.7. The molecule has 0 aliphatic carbocycles. The number of esters is 2. The van der Waals surface area contributed by atoms with Gasteiger partial charge in [-0.2, -0.15) is 4.31 Å². The zero-order valence-corrected chi connectivity index (χ0v) is 32.1. The van der Waals surface area contributed by atoms with Crippen LogP contribution in [-0.4, -0.2) is 75.0 Å². The highest BCUT2D eigenvalue weighted by molar-refractivity contribution is 7.61. The Morgan fingerprint density at radius 3 is 1.98 bits per heavy atom. The highest BCUT2D eigenvalue weighted by Crippen LogP contribution is 2.61. The lowest BCUT2D eigenvalue weighted by atomic mass is 10.1. The van der Waals surface area contributed by atoms with Gasteiger partial charge in [0.15, 0.2) is 18.4 Å². The standard InChI is InChI=1S/C38H33N3O16P2/c42-36(25-14-6-2-7-15-25)55-32-31(23-52-59(49,50)57-58(47,48)51-22-24-12-4-1-5-13-24)54-35(33(32)56-37(43)26-16-8-3-9-17-26)40-21-27-20-30(53-34(27)39-38(40)44)28-18-10-11-19-29(28)41(45)46/h1-21,31-35H,22-23H2,(H,39,44)(H,47,48)(H,49,50)/t31-,32?,33+,34?,35-/m1/s1. The fraction of sp³-hybridized carbons (Fsp3) is 0.184. The van der Waals surface area contributed by atoms with Gasteiger partial charge < -0.3 is 28.7 Å². The number of nitro groups is 1. The Morgan fingerprint density at radius 1 is 0.797 bits per heavy atom. The number of ether oxygens (including phenoxy) is 4. The molecule has 3 aliphatic rings. The minimum absolute atomic E-state index is 0.0492. The molecule has 7 atom stereocenters. The van der Waals surface area contributed by atoms with Crippen LogP contribution in [0.25, 0.3) is 5.76 Å². The molecule has 1 fully saturated rings. The highest BCUT2D eigenvalue weighted by atomic mass is 31.3. The van der Waals surface area contributed by atoms with Gasteiger partial charge in [-0.3, -0.25) is 29.4 Å². The molecule has 3 aliphatic heterocycles. The quantitative estimate of drug-likeness (QED) is 0.0551. The number of hydrogen-bond donors (Lipinski definition) is 3. The molecular weight excluding hydrogens is 816 g/mol. The zero-order valence-electron chi connectivity index (χ0n) is 30.3. The van der Waals surface area contributed by atoms with Gasteiger partial charge in [0.05, 0.1) is 34.8 Å². The van der Waals surface area contributed by atoms with Gasteiger partial charge in [0.1, 0.15) is 11.9 Å². The molecule has 1 saturated heterocycles. The van der Waals surface area contributed by atoms with E-state index in [9.17, 15) is 43.4 Å². The summed E-state index contributed by atoms with van der Waals surface area (Å²) in [4.78, 5) is 73.7. The van der Waals surface area contributed by atoms with Crippen LogP contribution < -0.4 is 5.32 Å². The number of fused-ring (bicyclic) bond motifs is 1. The van der Waals surface area contributed by atoms with E-state index < -0.39 is 82.5 Å². The van der Waals surface area contributed by atoms with Crippen LogP contribution in [0.4, 0.5) is 10.5 Å². The largest absolute Gasteiger partial charge is 0.481 e. The predicted octanol–water partition coefficient (Wildman–Crippen LogP) is 5.83. The van der Waals surface area contributed by atoms with Gasteiger partial charge >= 0.3 is 33.6 Å². The molecule has 0 spiro atoms. The number of nitro benzene ring substituents is 1. The molecule has 0 saturated carbocycles. The Bertz CT molecular complexity index is 2380.